The van der Waals surface area contributed by atoms with E-state index in [4.69, 9.17) is 4.74 Å². The van der Waals surface area contributed by atoms with Gasteiger partial charge in [-0.15, -0.1) is 11.3 Å². The summed E-state index contributed by atoms with van der Waals surface area (Å²) in [6, 6.07) is 7.53. The van der Waals surface area contributed by atoms with Crippen LogP contribution in [0.25, 0.3) is 11.3 Å². The van der Waals surface area contributed by atoms with Crippen LogP contribution in [0.15, 0.2) is 35.2 Å². The minimum atomic E-state index is -0.494. The van der Waals surface area contributed by atoms with Crippen LogP contribution in [0.5, 0.6) is 0 Å². The smallest absolute Gasteiger partial charge is 0.253 e. The van der Waals surface area contributed by atoms with Crippen LogP contribution in [-0.2, 0) is 9.53 Å². The van der Waals surface area contributed by atoms with Gasteiger partial charge in [-0.2, -0.15) is 0 Å². The lowest BCUT2D eigenvalue weighted by atomic mass is 10.0. The highest BCUT2D eigenvalue weighted by Crippen LogP contribution is 2.25. The summed E-state index contributed by atoms with van der Waals surface area (Å²) < 4.78 is 5.35. The van der Waals surface area contributed by atoms with E-state index < -0.39 is 11.6 Å². The number of nitrogens with zero attached hydrogens (tertiary/aromatic N) is 2. The molecule has 1 fully saturated rings. The molecule has 1 aliphatic rings. The van der Waals surface area contributed by atoms with Crippen molar-refractivity contribution >= 4 is 23.2 Å². The fourth-order valence-corrected chi connectivity index (χ4v) is 3.87. The maximum atomic E-state index is 12.9. The summed E-state index contributed by atoms with van der Waals surface area (Å²) in [5.74, 6) is -0.165. The predicted molar refractivity (Wildman–Crippen MR) is 106 cm³/mol. The van der Waals surface area contributed by atoms with Crippen LogP contribution in [0, 0.1) is 0 Å². The molecule has 0 saturated carbocycles. The molecule has 0 bridgehead atoms. The molecule has 2 aromatic rings. The van der Waals surface area contributed by atoms with Crippen LogP contribution in [0.1, 0.15) is 37.6 Å². The Kier molecular flexibility index (Phi) is 5.92. The Balaban J connectivity index is 1.67. The topological polar surface area (TPSA) is 71.5 Å². The number of amides is 2. The second-order valence-corrected chi connectivity index (χ2v) is 7.80. The summed E-state index contributed by atoms with van der Waals surface area (Å²) in [5.41, 5.74) is 3.78. The number of ether oxygens (including phenoxy) is 1. The van der Waals surface area contributed by atoms with Crippen LogP contribution >= 0.6 is 11.3 Å². The molecule has 144 valence electrons. The average molecular weight is 388 g/mol. The highest BCUT2D eigenvalue weighted by molar-refractivity contribution is 7.07. The van der Waals surface area contributed by atoms with Gasteiger partial charge in [0.25, 0.3) is 5.91 Å². The molecular formula is C20H25N3O3S. The van der Waals surface area contributed by atoms with E-state index >= 15 is 0 Å². The summed E-state index contributed by atoms with van der Waals surface area (Å²) in [6.45, 7) is 7.16. The molecule has 27 heavy (non-hydrogen) atoms. The van der Waals surface area contributed by atoms with Gasteiger partial charge in [0.05, 0.1) is 16.7 Å². The molecule has 1 aliphatic heterocycles. The first-order valence-electron chi connectivity index (χ1n) is 9.13. The minimum absolute atomic E-state index is 0.0251. The number of benzene rings is 1. The van der Waals surface area contributed by atoms with Crippen LogP contribution in [-0.4, -0.2) is 53.0 Å². The molecule has 1 saturated heterocycles. The summed E-state index contributed by atoms with van der Waals surface area (Å²) >= 11 is 1.53. The number of thiazole rings is 1. The number of likely N-dealkylation sites (tertiary alicyclic amines) is 1. The van der Waals surface area contributed by atoms with Crippen molar-refractivity contribution in [2.45, 2.75) is 38.8 Å². The van der Waals surface area contributed by atoms with Crippen molar-refractivity contribution in [3.63, 3.8) is 0 Å². The van der Waals surface area contributed by atoms with Crippen molar-refractivity contribution in [2.24, 2.45) is 0 Å². The maximum absolute atomic E-state index is 12.9. The Morgan fingerprint density at radius 2 is 2.26 bits per heavy atom. The van der Waals surface area contributed by atoms with Crippen molar-refractivity contribution in [3.05, 3.63) is 40.7 Å². The molecule has 2 amide bonds. The van der Waals surface area contributed by atoms with Gasteiger partial charge in [0, 0.05) is 36.2 Å². The lowest BCUT2D eigenvalue weighted by Crippen LogP contribution is -2.51. The van der Waals surface area contributed by atoms with Crippen LogP contribution in [0.2, 0.25) is 0 Å². The van der Waals surface area contributed by atoms with E-state index in [9.17, 15) is 9.59 Å². The van der Waals surface area contributed by atoms with Gasteiger partial charge in [0.2, 0.25) is 5.91 Å². The van der Waals surface area contributed by atoms with Gasteiger partial charge < -0.3 is 15.0 Å². The molecular weight excluding hydrogens is 362 g/mol. The Bertz CT molecular complexity index is 809. The molecule has 1 aromatic heterocycles. The highest BCUT2D eigenvalue weighted by Gasteiger charge is 2.38. The zero-order chi connectivity index (χ0) is 19.4. The third-order valence-corrected chi connectivity index (χ3v) is 5.40. The Morgan fingerprint density at radius 3 is 2.96 bits per heavy atom. The summed E-state index contributed by atoms with van der Waals surface area (Å²) in [4.78, 5) is 31.3. The first-order chi connectivity index (χ1) is 12.9. The number of carbonyl (C=O) groups is 2. The molecule has 0 radical (unpaired) electrons. The Labute approximate surface area is 163 Å². The fraction of sp³-hybridized carbons (Fsp3) is 0.450. The fourth-order valence-electron chi connectivity index (χ4n) is 3.31. The molecule has 3 rings (SSSR count). The van der Waals surface area contributed by atoms with Gasteiger partial charge in [-0.1, -0.05) is 12.1 Å². The van der Waals surface area contributed by atoms with E-state index in [1.165, 1.54) is 11.3 Å². The predicted octanol–water partition coefficient (Wildman–Crippen LogP) is 2.96. The molecule has 6 nitrogen and oxygen atoms in total. The monoisotopic (exact) mass is 387 g/mol. The van der Waals surface area contributed by atoms with Crippen LogP contribution in [0.3, 0.4) is 0 Å². The lowest BCUT2D eigenvalue weighted by molar-refractivity contribution is -0.133. The highest BCUT2D eigenvalue weighted by atomic mass is 32.1. The second kappa shape index (κ2) is 8.19. The largest absolute Gasteiger partial charge is 0.369 e. The van der Waals surface area contributed by atoms with Crippen molar-refractivity contribution in [2.75, 3.05) is 19.7 Å². The second-order valence-electron chi connectivity index (χ2n) is 7.08. The molecule has 7 heteroatoms. The van der Waals surface area contributed by atoms with E-state index in [-0.39, 0.29) is 11.8 Å². The van der Waals surface area contributed by atoms with Crippen molar-refractivity contribution in [3.8, 4) is 11.3 Å². The lowest BCUT2D eigenvalue weighted by Gasteiger charge is -2.27. The molecule has 2 heterocycles. The number of nitrogens with one attached hydrogen (secondary N) is 1. The van der Waals surface area contributed by atoms with E-state index in [1.807, 2.05) is 43.5 Å². The average Bonchev–Trinajstić information content (AvgIpc) is 3.31. The van der Waals surface area contributed by atoms with Gasteiger partial charge in [-0.05, 0) is 39.3 Å². The molecule has 1 N–H and O–H groups in total. The standard InChI is InChI=1S/C20H25N3O3S/c1-4-26-14(2)18(24)22-20(3)8-9-23(12-20)19(25)16-7-5-6-15(10-16)17-11-27-13-21-17/h5-7,10-11,13-14H,4,8-9,12H2,1-3H3,(H,22,24)/t14?,20-/m1/s1. The summed E-state index contributed by atoms with van der Waals surface area (Å²) in [6.07, 6.45) is 0.223. The van der Waals surface area contributed by atoms with Gasteiger partial charge in [-0.3, -0.25) is 9.59 Å². The molecule has 0 spiro atoms. The zero-order valence-corrected chi connectivity index (χ0v) is 16.7. The zero-order valence-electron chi connectivity index (χ0n) is 15.9. The maximum Gasteiger partial charge on any atom is 0.253 e. The first kappa shape index (κ1) is 19.5. The Morgan fingerprint density at radius 1 is 1.44 bits per heavy atom. The van der Waals surface area contributed by atoms with Gasteiger partial charge in [0.1, 0.15) is 6.10 Å². The van der Waals surface area contributed by atoms with Crippen LogP contribution < -0.4 is 5.32 Å². The van der Waals surface area contributed by atoms with Crippen molar-refractivity contribution in [1.82, 2.24) is 15.2 Å². The van der Waals surface area contributed by atoms with E-state index in [1.54, 1.807) is 17.3 Å². The van der Waals surface area contributed by atoms with E-state index in [0.717, 1.165) is 17.7 Å². The summed E-state index contributed by atoms with van der Waals surface area (Å²) in [7, 11) is 0. The normalized spacial score (nSPS) is 20.5. The van der Waals surface area contributed by atoms with Gasteiger partial charge in [-0.25, -0.2) is 4.98 Å². The number of hydrogen-bond donors (Lipinski definition) is 1. The SMILES string of the molecule is CCOC(C)C(=O)N[C@]1(C)CCN(C(=O)c2cccc(-c3cscn3)c2)C1. The number of aromatic nitrogens is 1. The minimum Gasteiger partial charge on any atom is -0.369 e. The number of hydrogen-bond acceptors (Lipinski definition) is 5. The molecule has 2 atom stereocenters. The number of carbonyl (C=O) groups excluding carboxylic acids is 2. The quantitative estimate of drug-likeness (QED) is 0.827. The van der Waals surface area contributed by atoms with Gasteiger partial charge in [0.15, 0.2) is 0 Å². The van der Waals surface area contributed by atoms with E-state index in [2.05, 4.69) is 10.3 Å². The molecule has 0 aliphatic carbocycles. The van der Waals surface area contributed by atoms with E-state index in [0.29, 0.717) is 25.3 Å². The van der Waals surface area contributed by atoms with Crippen molar-refractivity contribution in [1.29, 1.82) is 0 Å². The third-order valence-electron chi connectivity index (χ3n) is 4.81. The van der Waals surface area contributed by atoms with Crippen LogP contribution in [0.4, 0.5) is 0 Å². The first-order valence-corrected chi connectivity index (χ1v) is 10.1. The number of rotatable bonds is 6. The molecule has 1 unspecified atom stereocenters. The molecule has 1 aromatic carbocycles. The Hall–Kier alpha value is -2.25. The van der Waals surface area contributed by atoms with Crippen molar-refractivity contribution < 1.29 is 14.3 Å². The summed E-state index contributed by atoms with van der Waals surface area (Å²) in [5, 5.41) is 5.01. The van der Waals surface area contributed by atoms with Gasteiger partial charge >= 0.3 is 0 Å². The third kappa shape index (κ3) is 4.54.